The Kier molecular flexibility index (Phi) is 3.08. The molecule has 0 aliphatic carbocycles. The van der Waals surface area contributed by atoms with E-state index in [2.05, 4.69) is 34.5 Å². The number of hydrogen-bond acceptors (Lipinski definition) is 4. The molecular formula is C12H17N5. The molecule has 5 nitrogen and oxygen atoms in total. The second-order valence-corrected chi connectivity index (χ2v) is 4.02. The molecule has 2 heterocycles. The largest absolute Gasteiger partial charge is 0.369 e. The molecule has 0 fully saturated rings. The molecule has 0 spiro atoms. The third kappa shape index (κ3) is 2.00. The van der Waals surface area contributed by atoms with Crippen molar-refractivity contribution in [3.05, 3.63) is 23.4 Å². The van der Waals surface area contributed by atoms with Crippen molar-refractivity contribution in [2.45, 2.75) is 20.8 Å². The highest BCUT2D eigenvalue weighted by atomic mass is 15.3. The summed E-state index contributed by atoms with van der Waals surface area (Å²) < 4.78 is 1.81. The summed E-state index contributed by atoms with van der Waals surface area (Å²) in [5.74, 6) is 0.857. The van der Waals surface area contributed by atoms with Crippen molar-refractivity contribution in [1.29, 1.82) is 0 Å². The minimum atomic E-state index is 0.847. The Morgan fingerprint density at radius 3 is 2.59 bits per heavy atom. The summed E-state index contributed by atoms with van der Waals surface area (Å²) in [4.78, 5) is 0. The minimum Gasteiger partial charge on any atom is -0.369 e. The lowest BCUT2D eigenvalue weighted by Crippen LogP contribution is -2.07. The average molecular weight is 231 g/mol. The van der Waals surface area contributed by atoms with E-state index in [1.807, 2.05) is 24.7 Å². The van der Waals surface area contributed by atoms with Crippen LogP contribution in [0.5, 0.6) is 0 Å². The molecule has 17 heavy (non-hydrogen) atoms. The van der Waals surface area contributed by atoms with Crippen molar-refractivity contribution in [3.63, 3.8) is 0 Å². The van der Waals surface area contributed by atoms with Crippen molar-refractivity contribution in [2.24, 2.45) is 7.05 Å². The van der Waals surface area contributed by atoms with Crippen LogP contribution in [0, 0.1) is 13.8 Å². The van der Waals surface area contributed by atoms with E-state index in [1.165, 1.54) is 0 Å². The first-order chi connectivity index (χ1) is 8.15. The van der Waals surface area contributed by atoms with Crippen LogP contribution in [0.1, 0.15) is 18.1 Å². The molecule has 2 aromatic heterocycles. The lowest BCUT2D eigenvalue weighted by atomic mass is 10.1. The highest BCUT2D eigenvalue weighted by Crippen LogP contribution is 2.24. The Balaban J connectivity index is 2.51. The van der Waals surface area contributed by atoms with Gasteiger partial charge >= 0.3 is 0 Å². The molecule has 0 unspecified atom stereocenters. The van der Waals surface area contributed by atoms with E-state index >= 15 is 0 Å². The van der Waals surface area contributed by atoms with Gasteiger partial charge in [0.05, 0.1) is 5.69 Å². The predicted octanol–water partition coefficient (Wildman–Crippen LogP) is 1.93. The maximum absolute atomic E-state index is 4.29. The molecule has 0 aliphatic heterocycles. The van der Waals surface area contributed by atoms with Crippen molar-refractivity contribution < 1.29 is 0 Å². The number of nitrogens with zero attached hydrogens (tertiary/aromatic N) is 4. The smallest absolute Gasteiger partial charge is 0.151 e. The molecule has 0 aliphatic rings. The van der Waals surface area contributed by atoms with Crippen LogP contribution in [-0.2, 0) is 7.05 Å². The van der Waals surface area contributed by atoms with Gasteiger partial charge in [-0.2, -0.15) is 5.10 Å². The lowest BCUT2D eigenvalue weighted by molar-refractivity contribution is 0.769. The van der Waals surface area contributed by atoms with E-state index in [9.17, 15) is 0 Å². The number of aromatic nitrogens is 4. The van der Waals surface area contributed by atoms with Crippen molar-refractivity contribution in [1.82, 2.24) is 20.0 Å². The number of aryl methyl sites for hydroxylation is 1. The summed E-state index contributed by atoms with van der Waals surface area (Å²) in [6.07, 6.45) is 1.77. The van der Waals surface area contributed by atoms with Crippen molar-refractivity contribution in [2.75, 3.05) is 11.9 Å². The van der Waals surface area contributed by atoms with Gasteiger partial charge in [0, 0.05) is 19.8 Å². The third-order valence-electron chi connectivity index (χ3n) is 2.93. The highest BCUT2D eigenvalue weighted by molar-refractivity contribution is 5.63. The van der Waals surface area contributed by atoms with Crippen molar-refractivity contribution in [3.8, 4) is 11.4 Å². The van der Waals surface area contributed by atoms with Crippen LogP contribution in [0.3, 0.4) is 0 Å². The van der Waals surface area contributed by atoms with Gasteiger partial charge in [-0.25, -0.2) is 0 Å². The Morgan fingerprint density at radius 1 is 1.24 bits per heavy atom. The van der Waals surface area contributed by atoms with Gasteiger partial charge < -0.3 is 5.32 Å². The van der Waals surface area contributed by atoms with E-state index in [1.54, 1.807) is 6.20 Å². The SMILES string of the molecule is CCNc1nnc(-c2ccnn2C)c(C)c1C. The van der Waals surface area contributed by atoms with E-state index in [-0.39, 0.29) is 0 Å². The number of anilines is 1. The first-order valence-electron chi connectivity index (χ1n) is 5.71. The number of rotatable bonds is 3. The standard InChI is InChI=1S/C12H17N5/c1-5-13-12-9(3)8(2)11(15-16-12)10-6-7-14-17(10)4/h6-7H,5H2,1-4H3,(H,13,16). The lowest BCUT2D eigenvalue weighted by Gasteiger charge is -2.11. The van der Waals surface area contributed by atoms with Gasteiger partial charge in [0.2, 0.25) is 0 Å². The Hall–Kier alpha value is -1.91. The van der Waals surface area contributed by atoms with Crippen LogP contribution >= 0.6 is 0 Å². The molecule has 0 saturated heterocycles. The fourth-order valence-electron chi connectivity index (χ4n) is 1.79. The summed E-state index contributed by atoms with van der Waals surface area (Å²) in [5.41, 5.74) is 4.16. The number of nitrogens with one attached hydrogen (secondary N) is 1. The molecule has 1 N–H and O–H groups in total. The minimum absolute atomic E-state index is 0.847. The fraction of sp³-hybridized carbons (Fsp3) is 0.417. The zero-order valence-corrected chi connectivity index (χ0v) is 10.7. The van der Waals surface area contributed by atoms with E-state index in [0.29, 0.717) is 0 Å². The summed E-state index contributed by atoms with van der Waals surface area (Å²) in [7, 11) is 1.91. The zero-order valence-electron chi connectivity index (χ0n) is 10.7. The molecule has 2 aromatic rings. The van der Waals surface area contributed by atoms with Gasteiger partial charge in [0.1, 0.15) is 5.69 Å². The molecule has 0 radical (unpaired) electrons. The van der Waals surface area contributed by atoms with Gasteiger partial charge in [-0.15, -0.1) is 10.2 Å². The quantitative estimate of drug-likeness (QED) is 0.877. The molecule has 2 rings (SSSR count). The first kappa shape index (κ1) is 11.6. The zero-order chi connectivity index (χ0) is 12.4. The second-order valence-electron chi connectivity index (χ2n) is 4.02. The average Bonchev–Trinajstić information content (AvgIpc) is 2.72. The maximum atomic E-state index is 4.29. The van der Waals surface area contributed by atoms with E-state index in [4.69, 9.17) is 0 Å². The van der Waals surface area contributed by atoms with Gasteiger partial charge in [-0.05, 0) is 38.0 Å². The highest BCUT2D eigenvalue weighted by Gasteiger charge is 2.13. The van der Waals surface area contributed by atoms with Gasteiger partial charge in [0.25, 0.3) is 0 Å². The van der Waals surface area contributed by atoms with Crippen LogP contribution in [0.25, 0.3) is 11.4 Å². The third-order valence-corrected chi connectivity index (χ3v) is 2.93. The molecule has 5 heteroatoms. The summed E-state index contributed by atoms with van der Waals surface area (Å²) in [6, 6.07) is 1.95. The van der Waals surface area contributed by atoms with E-state index in [0.717, 1.165) is 34.9 Å². The Labute approximate surface area is 101 Å². The van der Waals surface area contributed by atoms with Gasteiger partial charge in [0.15, 0.2) is 5.82 Å². The summed E-state index contributed by atoms with van der Waals surface area (Å²) in [5, 5.41) is 15.9. The van der Waals surface area contributed by atoms with Crippen LogP contribution in [0.15, 0.2) is 12.3 Å². The second kappa shape index (κ2) is 4.53. The van der Waals surface area contributed by atoms with Crippen LogP contribution in [-0.4, -0.2) is 26.5 Å². The topological polar surface area (TPSA) is 55.6 Å². The van der Waals surface area contributed by atoms with E-state index < -0.39 is 0 Å². The van der Waals surface area contributed by atoms with Gasteiger partial charge in [-0.1, -0.05) is 0 Å². The van der Waals surface area contributed by atoms with Crippen LogP contribution < -0.4 is 5.32 Å². The van der Waals surface area contributed by atoms with Crippen LogP contribution in [0.2, 0.25) is 0 Å². The summed E-state index contributed by atoms with van der Waals surface area (Å²) >= 11 is 0. The first-order valence-corrected chi connectivity index (χ1v) is 5.71. The molecule has 0 atom stereocenters. The molecule has 90 valence electrons. The maximum Gasteiger partial charge on any atom is 0.151 e. The monoisotopic (exact) mass is 231 g/mol. The normalized spacial score (nSPS) is 10.6. The molecule has 0 bridgehead atoms. The molecular weight excluding hydrogens is 214 g/mol. The Morgan fingerprint density at radius 2 is 2.00 bits per heavy atom. The van der Waals surface area contributed by atoms with Crippen LogP contribution in [0.4, 0.5) is 5.82 Å². The number of hydrogen-bond donors (Lipinski definition) is 1. The Bertz CT molecular complexity index is 530. The van der Waals surface area contributed by atoms with Crippen molar-refractivity contribution >= 4 is 5.82 Å². The summed E-state index contributed by atoms with van der Waals surface area (Å²) in [6.45, 7) is 7.01. The molecule has 0 aromatic carbocycles. The fourth-order valence-corrected chi connectivity index (χ4v) is 1.79. The predicted molar refractivity (Wildman–Crippen MR) is 67.9 cm³/mol. The van der Waals surface area contributed by atoms with Gasteiger partial charge in [-0.3, -0.25) is 4.68 Å². The molecule has 0 amide bonds. The molecule has 0 saturated carbocycles.